The number of nitrogens with zero attached hydrogens (tertiary/aromatic N) is 1. The van der Waals surface area contributed by atoms with E-state index in [9.17, 15) is 13.2 Å². The van der Waals surface area contributed by atoms with Crippen LogP contribution in [0.4, 0.5) is 18.9 Å². The smallest absolute Gasteiger partial charge is 0.278 e. The minimum Gasteiger partial charge on any atom is -0.278 e. The number of nitrogens with one attached hydrogen (secondary N) is 1. The number of hydrogen-bond donors (Lipinski definition) is 1. The Morgan fingerprint density at radius 3 is 2.50 bits per heavy atom. The summed E-state index contributed by atoms with van der Waals surface area (Å²) in [4.78, 5) is 0. The van der Waals surface area contributed by atoms with Crippen molar-refractivity contribution in [1.29, 1.82) is 0 Å². The number of aryl methyl sites for hydroxylation is 1. The quantitative estimate of drug-likeness (QED) is 0.650. The maximum Gasteiger partial charge on any atom is 0.416 e. The summed E-state index contributed by atoms with van der Waals surface area (Å²) in [5.74, 6) is 0. The van der Waals surface area contributed by atoms with Crippen molar-refractivity contribution in [1.82, 2.24) is 0 Å². The number of anilines is 1. The number of benzene rings is 2. The van der Waals surface area contributed by atoms with Gasteiger partial charge < -0.3 is 0 Å². The molecule has 2 nitrogen and oxygen atoms in total. The predicted octanol–water partition coefficient (Wildman–Crippen LogP) is 4.46. The Hall–Kier alpha value is -2.30. The van der Waals surface area contributed by atoms with Gasteiger partial charge in [0.2, 0.25) is 0 Å². The average molecular weight is 278 g/mol. The molecular weight excluding hydrogens is 265 g/mol. The SMILES string of the molecule is Cc1cccc(NN=Cc2cccc(C(F)(F)F)c2)c1. The van der Waals surface area contributed by atoms with E-state index in [1.165, 1.54) is 12.3 Å². The van der Waals surface area contributed by atoms with Crippen LogP contribution in [-0.4, -0.2) is 6.21 Å². The van der Waals surface area contributed by atoms with Crippen LogP contribution in [0.3, 0.4) is 0 Å². The normalized spacial score (nSPS) is 11.8. The summed E-state index contributed by atoms with van der Waals surface area (Å²) in [5, 5.41) is 3.93. The monoisotopic (exact) mass is 278 g/mol. The van der Waals surface area contributed by atoms with Crippen molar-refractivity contribution in [3.05, 3.63) is 65.2 Å². The Labute approximate surface area is 114 Å². The van der Waals surface area contributed by atoms with Gasteiger partial charge in [-0.3, -0.25) is 5.43 Å². The van der Waals surface area contributed by atoms with E-state index in [1.807, 2.05) is 31.2 Å². The second-order valence-corrected chi connectivity index (χ2v) is 4.36. The van der Waals surface area contributed by atoms with Gasteiger partial charge in [0.25, 0.3) is 0 Å². The lowest BCUT2D eigenvalue weighted by molar-refractivity contribution is -0.137. The fraction of sp³-hybridized carbons (Fsp3) is 0.133. The maximum absolute atomic E-state index is 12.5. The van der Waals surface area contributed by atoms with Crippen LogP contribution in [0.2, 0.25) is 0 Å². The predicted molar refractivity (Wildman–Crippen MR) is 73.8 cm³/mol. The van der Waals surface area contributed by atoms with Crippen molar-refractivity contribution in [2.45, 2.75) is 13.1 Å². The average Bonchev–Trinajstić information content (AvgIpc) is 2.38. The summed E-state index contributed by atoms with van der Waals surface area (Å²) in [6.07, 6.45) is -2.98. The molecule has 0 aliphatic rings. The Kier molecular flexibility index (Phi) is 4.08. The van der Waals surface area contributed by atoms with Crippen molar-refractivity contribution >= 4 is 11.9 Å². The number of hydrogen-bond acceptors (Lipinski definition) is 2. The van der Waals surface area contributed by atoms with Crippen LogP contribution in [-0.2, 0) is 6.18 Å². The molecule has 0 saturated carbocycles. The van der Waals surface area contributed by atoms with Gasteiger partial charge in [-0.15, -0.1) is 0 Å². The molecule has 20 heavy (non-hydrogen) atoms. The van der Waals surface area contributed by atoms with Crippen LogP contribution in [0, 0.1) is 6.92 Å². The zero-order chi connectivity index (χ0) is 14.6. The Morgan fingerprint density at radius 1 is 1.05 bits per heavy atom. The molecule has 2 rings (SSSR count). The molecule has 0 atom stereocenters. The Balaban J connectivity index is 2.08. The van der Waals surface area contributed by atoms with Gasteiger partial charge in [-0.05, 0) is 42.3 Å². The number of hydrazone groups is 1. The molecule has 0 saturated heterocycles. The van der Waals surface area contributed by atoms with E-state index in [0.717, 1.165) is 23.4 Å². The van der Waals surface area contributed by atoms with Crippen LogP contribution < -0.4 is 5.43 Å². The third kappa shape index (κ3) is 3.85. The van der Waals surface area contributed by atoms with Gasteiger partial charge in [-0.25, -0.2) is 0 Å². The van der Waals surface area contributed by atoms with E-state index in [4.69, 9.17) is 0 Å². The summed E-state index contributed by atoms with van der Waals surface area (Å²) in [7, 11) is 0. The van der Waals surface area contributed by atoms with Crippen LogP contribution in [0.1, 0.15) is 16.7 Å². The van der Waals surface area contributed by atoms with E-state index in [2.05, 4.69) is 10.5 Å². The topological polar surface area (TPSA) is 24.4 Å². The summed E-state index contributed by atoms with van der Waals surface area (Å²) >= 11 is 0. The van der Waals surface area contributed by atoms with Gasteiger partial charge >= 0.3 is 6.18 Å². The highest BCUT2D eigenvalue weighted by Gasteiger charge is 2.30. The van der Waals surface area contributed by atoms with Crippen molar-refractivity contribution in [3.8, 4) is 0 Å². The van der Waals surface area contributed by atoms with E-state index < -0.39 is 11.7 Å². The third-order valence-electron chi connectivity index (χ3n) is 2.64. The molecule has 0 aliphatic heterocycles. The molecule has 0 aliphatic carbocycles. The van der Waals surface area contributed by atoms with Crippen LogP contribution in [0.25, 0.3) is 0 Å². The lowest BCUT2D eigenvalue weighted by Crippen LogP contribution is -2.05. The standard InChI is InChI=1S/C15H13F3N2/c1-11-4-2-7-14(8-11)20-19-10-12-5-3-6-13(9-12)15(16,17)18/h2-10,20H,1H3. The fourth-order valence-corrected chi connectivity index (χ4v) is 1.69. The van der Waals surface area contributed by atoms with Crippen LogP contribution in [0.15, 0.2) is 53.6 Å². The molecule has 2 aromatic carbocycles. The first kappa shape index (κ1) is 14.1. The zero-order valence-corrected chi connectivity index (χ0v) is 10.8. The van der Waals surface area contributed by atoms with Crippen LogP contribution >= 0.6 is 0 Å². The van der Waals surface area contributed by atoms with Crippen molar-refractivity contribution in [2.75, 3.05) is 5.43 Å². The van der Waals surface area contributed by atoms with Gasteiger partial charge in [-0.2, -0.15) is 18.3 Å². The first-order valence-corrected chi connectivity index (χ1v) is 5.98. The fourth-order valence-electron chi connectivity index (χ4n) is 1.69. The van der Waals surface area contributed by atoms with Crippen molar-refractivity contribution in [3.63, 3.8) is 0 Å². The minimum atomic E-state index is -4.34. The number of halogens is 3. The highest BCUT2D eigenvalue weighted by atomic mass is 19.4. The highest BCUT2D eigenvalue weighted by Crippen LogP contribution is 2.29. The van der Waals surface area contributed by atoms with E-state index in [1.54, 1.807) is 6.07 Å². The molecule has 0 bridgehead atoms. The molecular formula is C15H13F3N2. The van der Waals surface area contributed by atoms with Gasteiger partial charge in [0, 0.05) is 0 Å². The van der Waals surface area contributed by atoms with Crippen LogP contribution in [0.5, 0.6) is 0 Å². The Morgan fingerprint density at radius 2 is 1.80 bits per heavy atom. The van der Waals surface area contributed by atoms with Crippen molar-refractivity contribution < 1.29 is 13.2 Å². The maximum atomic E-state index is 12.5. The molecule has 0 amide bonds. The number of alkyl halides is 3. The first-order valence-electron chi connectivity index (χ1n) is 5.98. The number of rotatable bonds is 3. The summed E-state index contributed by atoms with van der Waals surface area (Å²) in [6, 6.07) is 12.6. The van der Waals surface area contributed by atoms with E-state index in [0.29, 0.717) is 5.56 Å². The van der Waals surface area contributed by atoms with Gasteiger partial charge in [0.05, 0.1) is 17.5 Å². The minimum absolute atomic E-state index is 0.389. The lowest BCUT2D eigenvalue weighted by Gasteiger charge is -2.06. The first-order chi connectivity index (χ1) is 9.45. The van der Waals surface area contributed by atoms with E-state index >= 15 is 0 Å². The highest BCUT2D eigenvalue weighted by molar-refractivity contribution is 5.80. The molecule has 0 radical (unpaired) electrons. The van der Waals surface area contributed by atoms with Gasteiger partial charge in [-0.1, -0.05) is 24.3 Å². The van der Waals surface area contributed by atoms with E-state index in [-0.39, 0.29) is 0 Å². The molecule has 0 heterocycles. The molecule has 1 N–H and O–H groups in total. The molecule has 0 fully saturated rings. The van der Waals surface area contributed by atoms with Gasteiger partial charge in [0.1, 0.15) is 0 Å². The molecule has 5 heteroatoms. The molecule has 0 aromatic heterocycles. The van der Waals surface area contributed by atoms with Gasteiger partial charge in [0.15, 0.2) is 0 Å². The summed E-state index contributed by atoms with van der Waals surface area (Å²) in [6.45, 7) is 1.95. The second-order valence-electron chi connectivity index (χ2n) is 4.36. The Bertz CT molecular complexity index is 619. The lowest BCUT2D eigenvalue weighted by atomic mass is 10.1. The zero-order valence-electron chi connectivity index (χ0n) is 10.8. The summed E-state index contributed by atoms with van der Waals surface area (Å²) in [5.41, 5.74) is 4.34. The largest absolute Gasteiger partial charge is 0.416 e. The summed E-state index contributed by atoms with van der Waals surface area (Å²) < 4.78 is 37.6. The molecule has 104 valence electrons. The third-order valence-corrected chi connectivity index (χ3v) is 2.64. The molecule has 2 aromatic rings. The molecule has 0 unspecified atom stereocenters. The molecule has 0 spiro atoms. The van der Waals surface area contributed by atoms with Crippen molar-refractivity contribution in [2.24, 2.45) is 5.10 Å². The second kappa shape index (κ2) is 5.77.